The Morgan fingerprint density at radius 1 is 1.22 bits per heavy atom. The van der Waals surface area contributed by atoms with Crippen LogP contribution in [0.15, 0.2) is 18.2 Å². The molecule has 18 heavy (non-hydrogen) atoms. The second-order valence-corrected chi connectivity index (χ2v) is 4.20. The van der Waals surface area contributed by atoms with Crippen LogP contribution in [0, 0.1) is 6.92 Å². The summed E-state index contributed by atoms with van der Waals surface area (Å²) in [5.41, 5.74) is 2.84. The van der Waals surface area contributed by atoms with E-state index in [9.17, 15) is 9.59 Å². The average molecular weight is 250 g/mol. The summed E-state index contributed by atoms with van der Waals surface area (Å²) >= 11 is 0. The molecule has 4 heteroatoms. The number of ether oxygens (including phenoxy) is 1. The molecule has 0 saturated carbocycles. The van der Waals surface area contributed by atoms with Gasteiger partial charge in [-0.1, -0.05) is 23.8 Å². The van der Waals surface area contributed by atoms with Crippen LogP contribution in [0.1, 0.15) is 30.0 Å². The van der Waals surface area contributed by atoms with Gasteiger partial charge in [-0.05, 0) is 31.4 Å². The molecule has 98 valence electrons. The highest BCUT2D eigenvalue weighted by Crippen LogP contribution is 2.13. The highest BCUT2D eigenvalue weighted by Gasteiger charge is 2.07. The van der Waals surface area contributed by atoms with Crippen LogP contribution in [0.2, 0.25) is 0 Å². The lowest BCUT2D eigenvalue weighted by atomic mass is 10.0. The van der Waals surface area contributed by atoms with Crippen LogP contribution in [-0.4, -0.2) is 23.7 Å². The molecule has 0 fully saturated rings. The molecule has 1 N–H and O–H groups in total. The molecule has 4 nitrogen and oxygen atoms in total. The second kappa shape index (κ2) is 6.79. The molecule has 0 bridgehead atoms. The van der Waals surface area contributed by atoms with E-state index in [4.69, 9.17) is 9.84 Å². The molecule has 0 unspecified atom stereocenters. The highest BCUT2D eigenvalue weighted by atomic mass is 16.5. The van der Waals surface area contributed by atoms with Gasteiger partial charge >= 0.3 is 11.9 Å². The maximum atomic E-state index is 11.4. The quantitative estimate of drug-likeness (QED) is 0.785. The molecule has 0 aliphatic carbocycles. The number of esters is 1. The van der Waals surface area contributed by atoms with Gasteiger partial charge in [-0.2, -0.15) is 0 Å². The van der Waals surface area contributed by atoms with Gasteiger partial charge in [0.2, 0.25) is 0 Å². The van der Waals surface area contributed by atoms with Crippen LogP contribution in [0.5, 0.6) is 0 Å². The Hall–Kier alpha value is -1.84. The van der Waals surface area contributed by atoms with Crippen LogP contribution in [-0.2, 0) is 27.2 Å². The number of carboxylic acids is 1. The maximum absolute atomic E-state index is 11.4. The standard InChI is InChI=1S/C14H18O4/c1-3-18-14(17)9-12-7-10(2)6-11(8-12)4-5-13(15)16/h6-8H,3-5,9H2,1-2H3,(H,15,16). The fourth-order valence-electron chi connectivity index (χ4n) is 1.82. The molecule has 0 spiro atoms. The lowest BCUT2D eigenvalue weighted by molar-refractivity contribution is -0.142. The summed E-state index contributed by atoms with van der Waals surface area (Å²) in [6, 6.07) is 5.73. The van der Waals surface area contributed by atoms with E-state index in [2.05, 4.69) is 0 Å². The summed E-state index contributed by atoms with van der Waals surface area (Å²) in [7, 11) is 0. The van der Waals surface area contributed by atoms with Crippen molar-refractivity contribution >= 4 is 11.9 Å². The Morgan fingerprint density at radius 2 is 1.89 bits per heavy atom. The van der Waals surface area contributed by atoms with E-state index in [-0.39, 0.29) is 18.8 Å². The Labute approximate surface area is 107 Å². The van der Waals surface area contributed by atoms with E-state index in [1.807, 2.05) is 25.1 Å². The van der Waals surface area contributed by atoms with Gasteiger partial charge in [0.15, 0.2) is 0 Å². The number of hydrogen-bond donors (Lipinski definition) is 1. The molecule has 0 radical (unpaired) electrons. The fourth-order valence-corrected chi connectivity index (χ4v) is 1.82. The second-order valence-electron chi connectivity index (χ2n) is 4.20. The van der Waals surface area contributed by atoms with E-state index in [0.717, 1.165) is 16.7 Å². The summed E-state index contributed by atoms with van der Waals surface area (Å²) in [6.07, 6.45) is 0.810. The first-order valence-electron chi connectivity index (χ1n) is 5.98. The van der Waals surface area contributed by atoms with Crippen molar-refractivity contribution in [3.63, 3.8) is 0 Å². The number of aliphatic carboxylic acids is 1. The van der Waals surface area contributed by atoms with Crippen LogP contribution in [0.4, 0.5) is 0 Å². The lowest BCUT2D eigenvalue weighted by Crippen LogP contribution is -2.08. The third kappa shape index (κ3) is 4.99. The maximum Gasteiger partial charge on any atom is 0.310 e. The first-order valence-corrected chi connectivity index (χ1v) is 5.98. The fraction of sp³-hybridized carbons (Fsp3) is 0.429. The number of carbonyl (C=O) groups excluding carboxylic acids is 1. The van der Waals surface area contributed by atoms with Crippen molar-refractivity contribution in [2.24, 2.45) is 0 Å². The molecule has 0 amide bonds. The van der Waals surface area contributed by atoms with Gasteiger partial charge in [0, 0.05) is 6.42 Å². The molecule has 0 heterocycles. The molecule has 1 rings (SSSR count). The first-order chi connectivity index (χ1) is 8.51. The molecule has 0 aromatic heterocycles. The summed E-state index contributed by atoms with van der Waals surface area (Å²) < 4.78 is 4.89. The zero-order valence-electron chi connectivity index (χ0n) is 10.7. The highest BCUT2D eigenvalue weighted by molar-refractivity contribution is 5.72. The topological polar surface area (TPSA) is 63.6 Å². The summed E-state index contributed by atoms with van der Waals surface area (Å²) in [4.78, 5) is 21.9. The summed E-state index contributed by atoms with van der Waals surface area (Å²) in [5, 5.41) is 8.65. The van der Waals surface area contributed by atoms with Crippen molar-refractivity contribution in [1.29, 1.82) is 0 Å². The van der Waals surface area contributed by atoms with Crippen molar-refractivity contribution in [2.75, 3.05) is 6.61 Å². The SMILES string of the molecule is CCOC(=O)Cc1cc(C)cc(CCC(=O)O)c1. The zero-order chi connectivity index (χ0) is 13.5. The van der Waals surface area contributed by atoms with Gasteiger partial charge < -0.3 is 9.84 Å². The molecular formula is C14H18O4. The number of benzene rings is 1. The van der Waals surface area contributed by atoms with E-state index in [1.54, 1.807) is 6.92 Å². The van der Waals surface area contributed by atoms with Crippen molar-refractivity contribution in [1.82, 2.24) is 0 Å². The molecule has 0 aliphatic rings. The minimum absolute atomic E-state index is 0.0995. The van der Waals surface area contributed by atoms with Crippen molar-refractivity contribution in [2.45, 2.75) is 33.1 Å². The minimum Gasteiger partial charge on any atom is -0.481 e. The summed E-state index contributed by atoms with van der Waals surface area (Å²) in [5.74, 6) is -1.07. The zero-order valence-corrected chi connectivity index (χ0v) is 10.7. The van der Waals surface area contributed by atoms with Gasteiger partial charge in [0.1, 0.15) is 0 Å². The van der Waals surface area contributed by atoms with Gasteiger partial charge in [-0.25, -0.2) is 0 Å². The monoisotopic (exact) mass is 250 g/mol. The van der Waals surface area contributed by atoms with Gasteiger partial charge in [0.25, 0.3) is 0 Å². The predicted molar refractivity (Wildman–Crippen MR) is 67.5 cm³/mol. The first kappa shape index (κ1) is 14.2. The van der Waals surface area contributed by atoms with Gasteiger partial charge in [0.05, 0.1) is 13.0 Å². The van der Waals surface area contributed by atoms with Crippen LogP contribution in [0.3, 0.4) is 0 Å². The Morgan fingerprint density at radius 3 is 2.50 bits per heavy atom. The van der Waals surface area contributed by atoms with Crippen molar-refractivity contribution in [3.05, 3.63) is 34.9 Å². The molecule has 0 aliphatic heterocycles. The number of hydrogen-bond acceptors (Lipinski definition) is 3. The van der Waals surface area contributed by atoms with Crippen LogP contribution < -0.4 is 0 Å². The molecule has 0 saturated heterocycles. The van der Waals surface area contributed by atoms with Crippen molar-refractivity contribution in [3.8, 4) is 0 Å². The number of rotatable bonds is 6. The Kier molecular flexibility index (Phi) is 5.36. The largest absolute Gasteiger partial charge is 0.481 e. The average Bonchev–Trinajstić information content (AvgIpc) is 2.25. The number of carboxylic acid groups (broad SMARTS) is 1. The summed E-state index contributed by atoms with van der Waals surface area (Å²) in [6.45, 7) is 4.07. The van der Waals surface area contributed by atoms with Crippen LogP contribution in [0.25, 0.3) is 0 Å². The van der Waals surface area contributed by atoms with E-state index < -0.39 is 5.97 Å². The third-order valence-electron chi connectivity index (χ3n) is 2.48. The minimum atomic E-state index is -0.816. The van der Waals surface area contributed by atoms with Gasteiger partial charge in [-0.3, -0.25) is 9.59 Å². The molecule has 1 aromatic rings. The van der Waals surface area contributed by atoms with E-state index >= 15 is 0 Å². The van der Waals surface area contributed by atoms with Crippen molar-refractivity contribution < 1.29 is 19.4 Å². The van der Waals surface area contributed by atoms with Crippen LogP contribution >= 0.6 is 0 Å². The Bertz CT molecular complexity index is 437. The number of aryl methyl sites for hydroxylation is 2. The smallest absolute Gasteiger partial charge is 0.310 e. The molecular weight excluding hydrogens is 232 g/mol. The third-order valence-corrected chi connectivity index (χ3v) is 2.48. The van der Waals surface area contributed by atoms with E-state index in [1.165, 1.54) is 0 Å². The lowest BCUT2D eigenvalue weighted by Gasteiger charge is -2.07. The predicted octanol–water partition coefficient (Wildman–Crippen LogP) is 2.12. The van der Waals surface area contributed by atoms with Gasteiger partial charge in [-0.15, -0.1) is 0 Å². The molecule has 1 aromatic carbocycles. The normalized spacial score (nSPS) is 10.1. The number of carbonyl (C=O) groups is 2. The van der Waals surface area contributed by atoms with E-state index in [0.29, 0.717) is 13.0 Å². The molecule has 0 atom stereocenters. The Balaban J connectivity index is 2.74.